The number of aromatic nitrogens is 1. The summed E-state index contributed by atoms with van der Waals surface area (Å²) in [6, 6.07) is 5.35. The standard InChI is InChI=1S/C17H17Cl2NO2S/c1-9-16(11(3)21)10(2)20-17(9)15(22)8-23-7-12-13(18)5-4-6-14(12)19/h4-6,20H,7-8H2,1-3H3. The Kier molecular flexibility index (Phi) is 5.95. The number of hydrogen-bond donors (Lipinski definition) is 1. The van der Waals surface area contributed by atoms with Crippen molar-refractivity contribution in [3.05, 3.63) is 56.3 Å². The van der Waals surface area contributed by atoms with E-state index >= 15 is 0 Å². The second-order valence-corrected chi connectivity index (χ2v) is 7.10. The maximum absolute atomic E-state index is 12.4. The predicted octanol–water partition coefficient (Wildman–Crippen LogP) is 5.26. The summed E-state index contributed by atoms with van der Waals surface area (Å²) >= 11 is 13.7. The number of hydrogen-bond acceptors (Lipinski definition) is 3. The van der Waals surface area contributed by atoms with Crippen molar-refractivity contribution in [3.63, 3.8) is 0 Å². The van der Waals surface area contributed by atoms with Gasteiger partial charge in [0.1, 0.15) is 0 Å². The highest BCUT2D eigenvalue weighted by molar-refractivity contribution is 7.99. The Labute approximate surface area is 149 Å². The number of halogens is 2. The number of Topliss-reactive ketones (excluding diaryl/α,β-unsaturated/α-hetero) is 2. The fourth-order valence-corrected chi connectivity index (χ4v) is 4.18. The zero-order valence-electron chi connectivity index (χ0n) is 13.1. The fourth-order valence-electron chi connectivity index (χ4n) is 2.55. The van der Waals surface area contributed by atoms with E-state index in [0.29, 0.717) is 32.8 Å². The minimum Gasteiger partial charge on any atom is -0.355 e. The molecular weight excluding hydrogens is 353 g/mol. The third kappa shape index (κ3) is 4.00. The number of ketones is 2. The van der Waals surface area contributed by atoms with Crippen molar-refractivity contribution in [2.24, 2.45) is 0 Å². The molecule has 0 radical (unpaired) electrons. The van der Waals surface area contributed by atoms with Gasteiger partial charge in [0.15, 0.2) is 11.6 Å². The topological polar surface area (TPSA) is 49.9 Å². The van der Waals surface area contributed by atoms with Crippen molar-refractivity contribution < 1.29 is 9.59 Å². The summed E-state index contributed by atoms with van der Waals surface area (Å²) in [7, 11) is 0. The van der Waals surface area contributed by atoms with Gasteiger partial charge in [-0.1, -0.05) is 29.3 Å². The van der Waals surface area contributed by atoms with Gasteiger partial charge in [0.05, 0.1) is 11.4 Å². The average molecular weight is 370 g/mol. The summed E-state index contributed by atoms with van der Waals surface area (Å²) < 4.78 is 0. The van der Waals surface area contributed by atoms with Gasteiger partial charge in [-0.3, -0.25) is 9.59 Å². The van der Waals surface area contributed by atoms with Crippen molar-refractivity contribution in [2.45, 2.75) is 26.5 Å². The van der Waals surface area contributed by atoms with Gasteiger partial charge in [0, 0.05) is 27.1 Å². The summed E-state index contributed by atoms with van der Waals surface area (Å²) in [5.41, 5.74) is 3.39. The van der Waals surface area contributed by atoms with Crippen LogP contribution in [0.4, 0.5) is 0 Å². The molecule has 23 heavy (non-hydrogen) atoms. The van der Waals surface area contributed by atoms with Gasteiger partial charge in [-0.05, 0) is 44.0 Å². The van der Waals surface area contributed by atoms with Crippen LogP contribution in [-0.4, -0.2) is 22.3 Å². The van der Waals surface area contributed by atoms with Gasteiger partial charge in [-0.15, -0.1) is 11.8 Å². The van der Waals surface area contributed by atoms with Gasteiger partial charge in [0.25, 0.3) is 0 Å². The number of aromatic amines is 1. The third-order valence-corrected chi connectivity index (χ3v) is 5.28. The van der Waals surface area contributed by atoms with Crippen molar-refractivity contribution in [1.29, 1.82) is 0 Å². The Morgan fingerprint density at radius 1 is 1.17 bits per heavy atom. The molecule has 0 unspecified atom stereocenters. The minimum atomic E-state index is -0.0363. The highest BCUT2D eigenvalue weighted by Gasteiger charge is 2.19. The first-order chi connectivity index (χ1) is 10.8. The molecule has 0 atom stereocenters. The molecule has 0 aliphatic rings. The Morgan fingerprint density at radius 3 is 2.30 bits per heavy atom. The van der Waals surface area contributed by atoms with Gasteiger partial charge >= 0.3 is 0 Å². The van der Waals surface area contributed by atoms with Crippen molar-refractivity contribution >= 4 is 46.5 Å². The molecule has 1 aromatic heterocycles. The van der Waals surface area contributed by atoms with Crippen LogP contribution < -0.4 is 0 Å². The molecule has 0 bridgehead atoms. The van der Waals surface area contributed by atoms with Crippen LogP contribution in [0.2, 0.25) is 10.0 Å². The van der Waals surface area contributed by atoms with Gasteiger partial charge in [0.2, 0.25) is 0 Å². The lowest BCUT2D eigenvalue weighted by molar-refractivity contribution is 0.101. The Morgan fingerprint density at radius 2 is 1.78 bits per heavy atom. The first kappa shape index (κ1) is 18.1. The van der Waals surface area contributed by atoms with Gasteiger partial charge in [-0.25, -0.2) is 0 Å². The SMILES string of the molecule is CC(=O)c1c(C)[nH]c(C(=O)CSCc2c(Cl)cccc2Cl)c1C. The van der Waals surface area contributed by atoms with E-state index in [-0.39, 0.29) is 11.6 Å². The highest BCUT2D eigenvalue weighted by Crippen LogP contribution is 2.29. The molecule has 2 aromatic rings. The molecule has 0 aliphatic carbocycles. The first-order valence-electron chi connectivity index (χ1n) is 7.06. The number of aryl methyl sites for hydroxylation is 1. The second kappa shape index (κ2) is 7.56. The lowest BCUT2D eigenvalue weighted by Gasteiger charge is -2.06. The van der Waals surface area contributed by atoms with E-state index in [2.05, 4.69) is 4.98 Å². The van der Waals surface area contributed by atoms with Crippen LogP contribution >= 0.6 is 35.0 Å². The Hall–Kier alpha value is -1.23. The van der Waals surface area contributed by atoms with E-state index in [4.69, 9.17) is 23.2 Å². The normalized spacial score (nSPS) is 10.8. The van der Waals surface area contributed by atoms with Crippen LogP contribution in [-0.2, 0) is 5.75 Å². The molecule has 0 spiro atoms. The highest BCUT2D eigenvalue weighted by atomic mass is 35.5. The van der Waals surface area contributed by atoms with E-state index in [0.717, 1.165) is 16.8 Å². The molecule has 1 N–H and O–H groups in total. The lowest BCUT2D eigenvalue weighted by Crippen LogP contribution is -2.06. The molecule has 0 amide bonds. The average Bonchev–Trinajstić information content (AvgIpc) is 2.77. The zero-order chi connectivity index (χ0) is 17.1. The number of thioether (sulfide) groups is 1. The summed E-state index contributed by atoms with van der Waals surface area (Å²) in [4.78, 5) is 27.0. The van der Waals surface area contributed by atoms with Crippen LogP contribution in [0.25, 0.3) is 0 Å². The molecule has 1 heterocycles. The molecule has 0 aliphatic heterocycles. The molecule has 0 saturated carbocycles. The molecular formula is C17H17Cl2NO2S. The second-order valence-electron chi connectivity index (χ2n) is 5.30. The number of rotatable bonds is 6. The smallest absolute Gasteiger partial charge is 0.189 e. The van der Waals surface area contributed by atoms with Crippen molar-refractivity contribution in [1.82, 2.24) is 4.98 Å². The van der Waals surface area contributed by atoms with Crippen LogP contribution in [0.15, 0.2) is 18.2 Å². The molecule has 3 nitrogen and oxygen atoms in total. The first-order valence-corrected chi connectivity index (χ1v) is 8.98. The van der Waals surface area contributed by atoms with E-state index < -0.39 is 0 Å². The van der Waals surface area contributed by atoms with Gasteiger partial charge < -0.3 is 4.98 Å². The Bertz CT molecular complexity index is 748. The van der Waals surface area contributed by atoms with E-state index in [9.17, 15) is 9.59 Å². The number of nitrogens with one attached hydrogen (secondary N) is 1. The maximum atomic E-state index is 12.4. The Balaban J connectivity index is 2.06. The van der Waals surface area contributed by atoms with Crippen molar-refractivity contribution in [3.8, 4) is 0 Å². The minimum absolute atomic E-state index is 0.0359. The predicted molar refractivity (Wildman–Crippen MR) is 97.2 cm³/mol. The van der Waals surface area contributed by atoms with Crippen LogP contribution in [0.5, 0.6) is 0 Å². The maximum Gasteiger partial charge on any atom is 0.189 e. The van der Waals surface area contributed by atoms with Crippen LogP contribution in [0.3, 0.4) is 0 Å². The zero-order valence-corrected chi connectivity index (χ0v) is 15.5. The van der Waals surface area contributed by atoms with E-state index in [1.165, 1.54) is 18.7 Å². The van der Waals surface area contributed by atoms with Crippen LogP contribution in [0.1, 0.15) is 44.6 Å². The van der Waals surface area contributed by atoms with E-state index in [1.54, 1.807) is 32.0 Å². The largest absolute Gasteiger partial charge is 0.355 e. The van der Waals surface area contributed by atoms with Gasteiger partial charge in [-0.2, -0.15) is 0 Å². The number of carbonyl (C=O) groups is 2. The summed E-state index contributed by atoms with van der Waals surface area (Å²) in [6.45, 7) is 5.10. The molecule has 0 saturated heterocycles. The molecule has 122 valence electrons. The molecule has 0 fully saturated rings. The summed E-state index contributed by atoms with van der Waals surface area (Å²) in [5, 5.41) is 1.20. The van der Waals surface area contributed by atoms with Crippen molar-refractivity contribution in [2.75, 3.05) is 5.75 Å². The number of H-pyrrole nitrogens is 1. The number of carbonyl (C=O) groups excluding carboxylic acids is 2. The molecule has 1 aromatic carbocycles. The number of benzene rings is 1. The lowest BCUT2D eigenvalue weighted by atomic mass is 10.1. The molecule has 6 heteroatoms. The monoisotopic (exact) mass is 369 g/mol. The molecule has 2 rings (SSSR count). The quantitative estimate of drug-likeness (QED) is 0.706. The third-order valence-electron chi connectivity index (χ3n) is 3.61. The summed E-state index contributed by atoms with van der Waals surface area (Å²) in [5.74, 6) is 0.777. The summed E-state index contributed by atoms with van der Waals surface area (Å²) in [6.07, 6.45) is 0. The van der Waals surface area contributed by atoms with E-state index in [1.807, 2.05) is 0 Å². The van der Waals surface area contributed by atoms with Crippen LogP contribution in [0, 0.1) is 13.8 Å². The fraction of sp³-hybridized carbons (Fsp3) is 0.294.